The molecule has 0 amide bonds. The number of hydrogen-bond acceptors (Lipinski definition) is 2. The first-order chi connectivity index (χ1) is 8.13. The van der Waals surface area contributed by atoms with Gasteiger partial charge in [0.2, 0.25) is 0 Å². The monoisotopic (exact) mass is 238 g/mol. The lowest BCUT2D eigenvalue weighted by Gasteiger charge is -2.19. The first kappa shape index (κ1) is 14.1. The second kappa shape index (κ2) is 7.41. The number of halogens is 1. The maximum Gasteiger partial charge on any atom is 0.123 e. The van der Waals surface area contributed by atoms with E-state index in [-0.39, 0.29) is 11.9 Å². The summed E-state index contributed by atoms with van der Waals surface area (Å²) < 4.78 is 13.0. The number of nitrogens with two attached hydrogens (primary N) is 1. The van der Waals surface area contributed by atoms with Crippen LogP contribution in [0.3, 0.4) is 0 Å². The van der Waals surface area contributed by atoms with Crippen molar-refractivity contribution in [3.8, 4) is 0 Å². The first-order valence-corrected chi connectivity index (χ1v) is 6.33. The fourth-order valence-corrected chi connectivity index (χ4v) is 1.80. The molecule has 1 aromatic carbocycles. The van der Waals surface area contributed by atoms with Crippen LogP contribution in [0.15, 0.2) is 24.3 Å². The minimum absolute atomic E-state index is 0.0743. The third-order valence-corrected chi connectivity index (χ3v) is 2.99. The Morgan fingerprint density at radius 1 is 1.35 bits per heavy atom. The summed E-state index contributed by atoms with van der Waals surface area (Å²) >= 11 is 0. The summed E-state index contributed by atoms with van der Waals surface area (Å²) in [6.45, 7) is 4.25. The Hall–Kier alpha value is -0.930. The molecule has 2 N–H and O–H groups in total. The predicted octanol–water partition coefficient (Wildman–Crippen LogP) is 2.95. The number of nitrogens with zero attached hydrogens (tertiary/aromatic N) is 1. The van der Waals surface area contributed by atoms with Gasteiger partial charge in [0, 0.05) is 6.04 Å². The number of rotatable bonds is 7. The minimum atomic E-state index is -0.211. The Morgan fingerprint density at radius 2 is 2.12 bits per heavy atom. The van der Waals surface area contributed by atoms with E-state index < -0.39 is 0 Å². The summed E-state index contributed by atoms with van der Waals surface area (Å²) in [5, 5.41) is 0. The Morgan fingerprint density at radius 3 is 2.76 bits per heavy atom. The molecule has 0 aliphatic carbocycles. The molecule has 0 radical (unpaired) electrons. The van der Waals surface area contributed by atoms with Crippen LogP contribution in [0.5, 0.6) is 0 Å². The van der Waals surface area contributed by atoms with Crippen molar-refractivity contribution in [2.75, 3.05) is 20.1 Å². The lowest BCUT2D eigenvalue weighted by Crippen LogP contribution is -2.24. The lowest BCUT2D eigenvalue weighted by atomic mass is 10.0. The van der Waals surface area contributed by atoms with Gasteiger partial charge >= 0.3 is 0 Å². The van der Waals surface area contributed by atoms with Crippen LogP contribution >= 0.6 is 0 Å². The van der Waals surface area contributed by atoms with Crippen LogP contribution in [0.1, 0.15) is 37.8 Å². The Balaban J connectivity index is 2.36. The average molecular weight is 238 g/mol. The van der Waals surface area contributed by atoms with Crippen LogP contribution in [-0.2, 0) is 0 Å². The highest BCUT2D eigenvalue weighted by Gasteiger charge is 2.08. The lowest BCUT2D eigenvalue weighted by molar-refractivity contribution is 0.313. The molecule has 0 saturated carbocycles. The molecule has 17 heavy (non-hydrogen) atoms. The van der Waals surface area contributed by atoms with Crippen molar-refractivity contribution in [2.24, 2.45) is 5.73 Å². The Kier molecular flexibility index (Phi) is 6.16. The number of hydrogen-bond donors (Lipinski definition) is 1. The number of unbranched alkanes of at least 4 members (excludes halogenated alkanes) is 1. The zero-order valence-corrected chi connectivity index (χ0v) is 10.8. The second-order valence-corrected chi connectivity index (χ2v) is 4.61. The summed E-state index contributed by atoms with van der Waals surface area (Å²) in [7, 11) is 2.11. The van der Waals surface area contributed by atoms with Crippen molar-refractivity contribution in [1.82, 2.24) is 4.90 Å². The molecular weight excluding hydrogens is 215 g/mol. The largest absolute Gasteiger partial charge is 0.324 e. The molecule has 0 saturated heterocycles. The van der Waals surface area contributed by atoms with Gasteiger partial charge in [-0.2, -0.15) is 0 Å². The molecule has 0 spiro atoms. The van der Waals surface area contributed by atoms with Gasteiger partial charge < -0.3 is 10.6 Å². The summed E-state index contributed by atoms with van der Waals surface area (Å²) in [5.74, 6) is -0.211. The summed E-state index contributed by atoms with van der Waals surface area (Å²) in [4.78, 5) is 2.28. The van der Waals surface area contributed by atoms with Crippen LogP contribution in [0.2, 0.25) is 0 Å². The van der Waals surface area contributed by atoms with Crippen LogP contribution in [0.4, 0.5) is 4.39 Å². The topological polar surface area (TPSA) is 29.3 Å². The van der Waals surface area contributed by atoms with Gasteiger partial charge in [-0.25, -0.2) is 4.39 Å². The van der Waals surface area contributed by atoms with Crippen molar-refractivity contribution in [3.63, 3.8) is 0 Å². The summed E-state index contributed by atoms with van der Waals surface area (Å²) in [6.07, 6.45) is 3.29. The van der Waals surface area contributed by atoms with Gasteiger partial charge in [-0.15, -0.1) is 0 Å². The standard InChI is InChI=1S/C14H23FN2/c1-3-4-9-17(2)10-8-14(16)12-6-5-7-13(15)11-12/h5-7,11,14H,3-4,8-10,16H2,1-2H3. The molecule has 3 heteroatoms. The third kappa shape index (κ3) is 5.29. The van der Waals surface area contributed by atoms with Crippen LogP contribution in [0.25, 0.3) is 0 Å². The molecular formula is C14H23FN2. The van der Waals surface area contributed by atoms with Crippen LogP contribution in [-0.4, -0.2) is 25.0 Å². The molecule has 2 nitrogen and oxygen atoms in total. The van der Waals surface area contributed by atoms with E-state index in [2.05, 4.69) is 18.9 Å². The van der Waals surface area contributed by atoms with E-state index in [0.717, 1.165) is 25.1 Å². The van der Waals surface area contributed by atoms with Gasteiger partial charge in [0.1, 0.15) is 5.82 Å². The van der Waals surface area contributed by atoms with Crippen molar-refractivity contribution in [1.29, 1.82) is 0 Å². The zero-order chi connectivity index (χ0) is 12.7. The highest BCUT2D eigenvalue weighted by molar-refractivity contribution is 5.19. The fraction of sp³-hybridized carbons (Fsp3) is 0.571. The van der Waals surface area contributed by atoms with Gasteiger partial charge in [0.25, 0.3) is 0 Å². The molecule has 1 unspecified atom stereocenters. The zero-order valence-electron chi connectivity index (χ0n) is 10.8. The molecule has 96 valence electrons. The Bertz CT molecular complexity index is 328. The van der Waals surface area contributed by atoms with E-state index in [1.807, 2.05) is 6.07 Å². The van der Waals surface area contributed by atoms with Gasteiger partial charge in [0.05, 0.1) is 0 Å². The normalized spacial score (nSPS) is 13.0. The smallest absolute Gasteiger partial charge is 0.123 e. The van der Waals surface area contributed by atoms with Crippen molar-refractivity contribution in [3.05, 3.63) is 35.6 Å². The molecule has 0 bridgehead atoms. The fourth-order valence-electron chi connectivity index (χ4n) is 1.80. The SMILES string of the molecule is CCCCN(C)CCC(N)c1cccc(F)c1. The minimum Gasteiger partial charge on any atom is -0.324 e. The molecule has 1 atom stereocenters. The highest BCUT2D eigenvalue weighted by Crippen LogP contribution is 2.15. The Labute approximate surface area is 104 Å². The third-order valence-electron chi connectivity index (χ3n) is 2.99. The van der Waals surface area contributed by atoms with Crippen LogP contribution < -0.4 is 5.73 Å². The second-order valence-electron chi connectivity index (χ2n) is 4.61. The predicted molar refractivity (Wildman–Crippen MR) is 70.4 cm³/mol. The molecule has 0 heterocycles. The molecule has 0 aliphatic heterocycles. The van der Waals surface area contributed by atoms with Crippen molar-refractivity contribution < 1.29 is 4.39 Å². The maximum absolute atomic E-state index is 13.0. The van der Waals surface area contributed by atoms with Crippen molar-refractivity contribution in [2.45, 2.75) is 32.2 Å². The highest BCUT2D eigenvalue weighted by atomic mass is 19.1. The quantitative estimate of drug-likeness (QED) is 0.791. The van der Waals surface area contributed by atoms with Crippen molar-refractivity contribution >= 4 is 0 Å². The molecule has 1 aromatic rings. The average Bonchev–Trinajstić information content (AvgIpc) is 2.33. The summed E-state index contributed by atoms with van der Waals surface area (Å²) in [5.41, 5.74) is 6.93. The maximum atomic E-state index is 13.0. The number of benzene rings is 1. The van der Waals surface area contributed by atoms with E-state index in [1.165, 1.54) is 25.0 Å². The molecule has 0 aromatic heterocycles. The van der Waals surface area contributed by atoms with Crippen LogP contribution in [0, 0.1) is 5.82 Å². The van der Waals surface area contributed by atoms with Gasteiger partial charge in [0.15, 0.2) is 0 Å². The van der Waals surface area contributed by atoms with E-state index in [9.17, 15) is 4.39 Å². The summed E-state index contributed by atoms with van der Waals surface area (Å²) in [6, 6.07) is 6.50. The first-order valence-electron chi connectivity index (χ1n) is 6.33. The van der Waals surface area contributed by atoms with Gasteiger partial charge in [-0.1, -0.05) is 25.5 Å². The van der Waals surface area contributed by atoms with Gasteiger partial charge in [-0.3, -0.25) is 0 Å². The van der Waals surface area contributed by atoms with E-state index in [1.54, 1.807) is 6.07 Å². The van der Waals surface area contributed by atoms with E-state index >= 15 is 0 Å². The molecule has 0 fully saturated rings. The van der Waals surface area contributed by atoms with Gasteiger partial charge in [-0.05, 0) is 50.7 Å². The molecule has 0 aliphatic rings. The van der Waals surface area contributed by atoms with E-state index in [4.69, 9.17) is 5.73 Å². The van der Waals surface area contributed by atoms with E-state index in [0.29, 0.717) is 0 Å². The molecule has 1 rings (SSSR count).